The zero-order valence-corrected chi connectivity index (χ0v) is 11.9. The molecule has 2 aliphatic heterocycles. The summed E-state index contributed by atoms with van der Waals surface area (Å²) in [4.78, 5) is 10.9. The molecule has 2 aliphatic rings. The number of hydrogen-bond donors (Lipinski definition) is 1. The minimum Gasteiger partial charge on any atom is -0.317 e. The Morgan fingerprint density at radius 3 is 2.95 bits per heavy atom. The van der Waals surface area contributed by atoms with Crippen molar-refractivity contribution in [3.05, 3.63) is 42.4 Å². The number of anilines is 1. The normalized spacial score (nSPS) is 19.5. The molecule has 0 aliphatic carbocycles. The molecule has 0 amide bonds. The Bertz CT molecular complexity index is 694. The number of nitrogens with zero attached hydrogens (tertiary/aromatic N) is 4. The molecule has 5 heteroatoms. The molecule has 0 spiro atoms. The van der Waals surface area contributed by atoms with Crippen LogP contribution < -0.4 is 10.2 Å². The summed E-state index contributed by atoms with van der Waals surface area (Å²) < 4.78 is 2.13. The first-order chi connectivity index (χ1) is 10.4. The van der Waals surface area contributed by atoms with Crippen molar-refractivity contribution in [2.75, 3.05) is 24.7 Å². The van der Waals surface area contributed by atoms with Gasteiger partial charge in [-0.1, -0.05) is 0 Å². The number of aromatic nitrogens is 2. The number of nitrogens with one attached hydrogen (secondary N) is 1. The van der Waals surface area contributed by atoms with E-state index in [4.69, 9.17) is 0 Å². The predicted molar refractivity (Wildman–Crippen MR) is 85.0 cm³/mol. The van der Waals surface area contributed by atoms with Crippen LogP contribution >= 0.6 is 0 Å². The van der Waals surface area contributed by atoms with E-state index in [0.717, 1.165) is 24.6 Å². The SMILES string of the molecule is C1=CN(c2cnc3cc(C4CCNCC4)ccn23)CN=C1. The molecule has 1 saturated heterocycles. The third-order valence-electron chi connectivity index (χ3n) is 4.31. The lowest BCUT2D eigenvalue weighted by molar-refractivity contribution is 0.460. The van der Waals surface area contributed by atoms with Crippen molar-refractivity contribution in [2.24, 2.45) is 4.99 Å². The fourth-order valence-electron chi connectivity index (χ4n) is 3.14. The third kappa shape index (κ3) is 2.34. The Morgan fingerprint density at radius 1 is 1.24 bits per heavy atom. The number of allylic oxidation sites excluding steroid dienone is 1. The van der Waals surface area contributed by atoms with Crippen LogP contribution in [0.2, 0.25) is 0 Å². The third-order valence-corrected chi connectivity index (χ3v) is 4.31. The summed E-state index contributed by atoms with van der Waals surface area (Å²) in [5.41, 5.74) is 2.43. The molecule has 4 heterocycles. The lowest BCUT2D eigenvalue weighted by atomic mass is 9.91. The van der Waals surface area contributed by atoms with E-state index in [2.05, 4.69) is 42.9 Å². The van der Waals surface area contributed by atoms with Crippen LogP contribution in [0.15, 0.2) is 41.8 Å². The van der Waals surface area contributed by atoms with Gasteiger partial charge in [-0.25, -0.2) is 4.98 Å². The first kappa shape index (κ1) is 12.6. The van der Waals surface area contributed by atoms with Gasteiger partial charge in [0.1, 0.15) is 18.1 Å². The maximum atomic E-state index is 4.57. The fourth-order valence-corrected chi connectivity index (χ4v) is 3.14. The maximum absolute atomic E-state index is 4.57. The van der Waals surface area contributed by atoms with Crippen LogP contribution in [0, 0.1) is 0 Å². The lowest BCUT2D eigenvalue weighted by Crippen LogP contribution is -2.26. The standard InChI is InChI=1S/C16H19N5/c1-5-18-12-20(8-1)16-11-19-15-10-14(4-9-21(15)16)13-2-6-17-7-3-13/h1,4-5,8-11,13,17H,2-3,6-7,12H2. The average Bonchev–Trinajstić information content (AvgIpc) is 2.99. The Balaban J connectivity index is 1.67. The number of fused-ring (bicyclic) bond motifs is 1. The Morgan fingerprint density at radius 2 is 2.14 bits per heavy atom. The van der Waals surface area contributed by atoms with Crippen LogP contribution in [0.3, 0.4) is 0 Å². The van der Waals surface area contributed by atoms with Crippen molar-refractivity contribution in [3.8, 4) is 0 Å². The van der Waals surface area contributed by atoms with Crippen LogP contribution in [0.25, 0.3) is 5.65 Å². The quantitative estimate of drug-likeness (QED) is 0.917. The van der Waals surface area contributed by atoms with Crippen molar-refractivity contribution in [2.45, 2.75) is 18.8 Å². The minimum atomic E-state index is 0.653. The number of piperidine rings is 1. The van der Waals surface area contributed by atoms with Gasteiger partial charge in [0, 0.05) is 18.6 Å². The first-order valence-corrected chi connectivity index (χ1v) is 7.53. The smallest absolute Gasteiger partial charge is 0.138 e. The molecule has 21 heavy (non-hydrogen) atoms. The molecule has 0 saturated carbocycles. The van der Waals surface area contributed by atoms with E-state index < -0.39 is 0 Å². The molecule has 5 nitrogen and oxygen atoms in total. The second-order valence-electron chi connectivity index (χ2n) is 5.61. The molecule has 0 bridgehead atoms. The molecular formula is C16H19N5. The first-order valence-electron chi connectivity index (χ1n) is 7.53. The molecule has 0 unspecified atom stereocenters. The Labute approximate surface area is 124 Å². The van der Waals surface area contributed by atoms with Crippen molar-refractivity contribution in [1.29, 1.82) is 0 Å². The van der Waals surface area contributed by atoms with Gasteiger partial charge < -0.3 is 10.2 Å². The highest BCUT2D eigenvalue weighted by Gasteiger charge is 2.17. The molecular weight excluding hydrogens is 262 g/mol. The number of hydrogen-bond acceptors (Lipinski definition) is 4. The van der Waals surface area contributed by atoms with Crippen LogP contribution in [-0.4, -0.2) is 35.4 Å². The molecule has 0 radical (unpaired) electrons. The highest BCUT2D eigenvalue weighted by Crippen LogP contribution is 2.27. The maximum Gasteiger partial charge on any atom is 0.138 e. The van der Waals surface area contributed by atoms with Gasteiger partial charge in [0.05, 0.1) is 6.20 Å². The molecule has 1 fully saturated rings. The second-order valence-corrected chi connectivity index (χ2v) is 5.61. The highest BCUT2D eigenvalue weighted by molar-refractivity contribution is 5.74. The second kappa shape index (κ2) is 5.33. The largest absolute Gasteiger partial charge is 0.317 e. The molecule has 2 aromatic heterocycles. The average molecular weight is 281 g/mol. The van der Waals surface area contributed by atoms with Gasteiger partial charge in [-0.3, -0.25) is 9.39 Å². The molecule has 4 rings (SSSR count). The highest BCUT2D eigenvalue weighted by atomic mass is 15.3. The van der Waals surface area contributed by atoms with E-state index in [9.17, 15) is 0 Å². The van der Waals surface area contributed by atoms with Crippen LogP contribution in [0.5, 0.6) is 0 Å². The molecule has 0 aromatic carbocycles. The van der Waals surface area contributed by atoms with Crippen LogP contribution in [0.1, 0.15) is 24.3 Å². The Hall–Kier alpha value is -2.14. The van der Waals surface area contributed by atoms with E-state index in [1.54, 1.807) is 0 Å². The van der Waals surface area contributed by atoms with Crippen molar-refractivity contribution < 1.29 is 0 Å². The summed E-state index contributed by atoms with van der Waals surface area (Å²) in [5, 5.41) is 3.42. The predicted octanol–water partition coefficient (Wildman–Crippen LogP) is 2.16. The number of pyridine rings is 1. The van der Waals surface area contributed by atoms with Crippen LogP contribution in [0.4, 0.5) is 5.82 Å². The van der Waals surface area contributed by atoms with Gasteiger partial charge in [-0.05, 0) is 55.6 Å². The van der Waals surface area contributed by atoms with Crippen LogP contribution in [-0.2, 0) is 0 Å². The Kier molecular flexibility index (Phi) is 3.20. The van der Waals surface area contributed by atoms with E-state index in [1.165, 1.54) is 18.4 Å². The molecule has 108 valence electrons. The summed E-state index contributed by atoms with van der Waals surface area (Å²) in [6.45, 7) is 2.89. The van der Waals surface area contributed by atoms with Gasteiger partial charge in [0.25, 0.3) is 0 Å². The van der Waals surface area contributed by atoms with Gasteiger partial charge in [-0.15, -0.1) is 0 Å². The zero-order chi connectivity index (χ0) is 14.1. The van der Waals surface area contributed by atoms with Crippen molar-refractivity contribution in [1.82, 2.24) is 14.7 Å². The summed E-state index contributed by atoms with van der Waals surface area (Å²) in [6.07, 6.45) is 12.3. The van der Waals surface area contributed by atoms with E-state index in [0.29, 0.717) is 12.6 Å². The fraction of sp³-hybridized carbons (Fsp3) is 0.375. The number of imidazole rings is 1. The summed E-state index contributed by atoms with van der Waals surface area (Å²) >= 11 is 0. The van der Waals surface area contributed by atoms with Crippen molar-refractivity contribution >= 4 is 17.7 Å². The lowest BCUT2D eigenvalue weighted by Gasteiger charge is -2.23. The molecule has 0 atom stereocenters. The topological polar surface area (TPSA) is 44.9 Å². The van der Waals surface area contributed by atoms with Gasteiger partial charge in [-0.2, -0.15) is 0 Å². The summed E-state index contributed by atoms with van der Waals surface area (Å²) in [6, 6.07) is 4.47. The molecule has 1 N–H and O–H groups in total. The molecule has 2 aromatic rings. The minimum absolute atomic E-state index is 0.653. The van der Waals surface area contributed by atoms with E-state index in [-0.39, 0.29) is 0 Å². The van der Waals surface area contributed by atoms with E-state index >= 15 is 0 Å². The van der Waals surface area contributed by atoms with Gasteiger partial charge in [0.2, 0.25) is 0 Å². The number of aliphatic imine (C=N–C) groups is 1. The van der Waals surface area contributed by atoms with Gasteiger partial charge >= 0.3 is 0 Å². The van der Waals surface area contributed by atoms with Crippen molar-refractivity contribution in [3.63, 3.8) is 0 Å². The summed E-state index contributed by atoms with van der Waals surface area (Å²) in [5.74, 6) is 1.73. The number of rotatable bonds is 2. The van der Waals surface area contributed by atoms with Gasteiger partial charge in [0.15, 0.2) is 0 Å². The summed E-state index contributed by atoms with van der Waals surface area (Å²) in [7, 11) is 0. The monoisotopic (exact) mass is 281 g/mol. The zero-order valence-electron chi connectivity index (χ0n) is 11.9. The van der Waals surface area contributed by atoms with E-state index in [1.807, 2.05) is 24.7 Å².